The number of aliphatic hydroxyl groups is 1. The van der Waals surface area contributed by atoms with Gasteiger partial charge in [0.05, 0.1) is 7.11 Å². The summed E-state index contributed by atoms with van der Waals surface area (Å²) >= 11 is 0. The third-order valence-corrected chi connectivity index (χ3v) is 6.04. The van der Waals surface area contributed by atoms with Crippen LogP contribution in [0.3, 0.4) is 0 Å². The lowest BCUT2D eigenvalue weighted by Gasteiger charge is -2.23. The molecular weight excluding hydrogens is 418 g/mol. The van der Waals surface area contributed by atoms with E-state index in [9.17, 15) is 5.11 Å². The van der Waals surface area contributed by atoms with Crippen molar-refractivity contribution in [3.05, 3.63) is 138 Å². The molecule has 1 atom stereocenters. The first kappa shape index (κ1) is 21.6. The van der Waals surface area contributed by atoms with Crippen molar-refractivity contribution in [1.82, 2.24) is 4.57 Å². The van der Waals surface area contributed by atoms with Gasteiger partial charge in [-0.3, -0.25) is 0 Å². The van der Waals surface area contributed by atoms with Crippen molar-refractivity contribution in [2.75, 3.05) is 7.11 Å². The molecule has 5 rings (SSSR count). The number of para-hydroxylation sites is 1. The fourth-order valence-electron chi connectivity index (χ4n) is 4.26. The van der Waals surface area contributed by atoms with Crippen LogP contribution >= 0.6 is 0 Å². The van der Waals surface area contributed by atoms with Crippen LogP contribution in [0.25, 0.3) is 10.9 Å². The molecule has 0 saturated heterocycles. The van der Waals surface area contributed by atoms with E-state index in [1.807, 2.05) is 91.1 Å². The number of hydrogen-bond acceptors (Lipinski definition) is 2. The second-order valence-electron chi connectivity index (χ2n) is 8.23. The molecule has 0 radical (unpaired) electrons. The maximum atomic E-state index is 12.2. The van der Waals surface area contributed by atoms with E-state index in [0.29, 0.717) is 6.54 Å². The molecule has 1 N–H and O–H groups in total. The van der Waals surface area contributed by atoms with Crippen LogP contribution in [0.5, 0.6) is 5.75 Å². The van der Waals surface area contributed by atoms with Crippen LogP contribution in [0.1, 0.15) is 22.3 Å². The Hall–Kier alpha value is -4.26. The van der Waals surface area contributed by atoms with E-state index in [0.717, 1.165) is 33.3 Å². The number of aromatic nitrogens is 1. The highest BCUT2D eigenvalue weighted by molar-refractivity contribution is 5.86. The van der Waals surface area contributed by atoms with Gasteiger partial charge in [-0.25, -0.2) is 0 Å². The van der Waals surface area contributed by atoms with E-state index in [2.05, 4.69) is 40.7 Å². The molecule has 0 amide bonds. The molecule has 5 aromatic rings. The third-order valence-electron chi connectivity index (χ3n) is 6.04. The minimum atomic E-state index is -1.48. The number of nitrogens with zero attached hydrogens (tertiary/aromatic N) is 1. The Kier molecular flexibility index (Phi) is 5.91. The molecule has 0 aliphatic rings. The number of benzene rings is 4. The van der Waals surface area contributed by atoms with E-state index in [-0.39, 0.29) is 0 Å². The van der Waals surface area contributed by atoms with Crippen molar-refractivity contribution < 1.29 is 9.84 Å². The van der Waals surface area contributed by atoms with E-state index in [1.165, 1.54) is 5.56 Å². The number of hydrogen-bond donors (Lipinski definition) is 1. The van der Waals surface area contributed by atoms with Crippen LogP contribution in [-0.2, 0) is 12.1 Å². The Morgan fingerprint density at radius 2 is 1.44 bits per heavy atom. The molecule has 0 saturated carbocycles. The molecule has 3 heteroatoms. The Labute approximate surface area is 199 Å². The maximum absolute atomic E-state index is 12.2. The van der Waals surface area contributed by atoms with Gasteiger partial charge in [-0.05, 0) is 35.9 Å². The van der Waals surface area contributed by atoms with E-state index >= 15 is 0 Å². The van der Waals surface area contributed by atoms with E-state index < -0.39 is 5.60 Å². The molecule has 4 aromatic carbocycles. The smallest absolute Gasteiger partial charge is 0.179 e. The molecule has 0 fully saturated rings. The largest absolute Gasteiger partial charge is 0.497 e. The van der Waals surface area contributed by atoms with E-state index in [1.54, 1.807) is 7.11 Å². The summed E-state index contributed by atoms with van der Waals surface area (Å²) in [6.07, 6.45) is 2.04. The van der Waals surface area contributed by atoms with Crippen LogP contribution in [0.15, 0.2) is 115 Å². The van der Waals surface area contributed by atoms with Gasteiger partial charge in [-0.1, -0.05) is 90.7 Å². The first-order valence-electron chi connectivity index (χ1n) is 11.2. The van der Waals surface area contributed by atoms with Gasteiger partial charge in [0.15, 0.2) is 5.60 Å². The average molecular weight is 444 g/mol. The average Bonchev–Trinajstić information content (AvgIpc) is 3.27. The summed E-state index contributed by atoms with van der Waals surface area (Å²) in [6.45, 7) is 0.706. The zero-order valence-corrected chi connectivity index (χ0v) is 19.0. The molecule has 166 valence electrons. The summed E-state index contributed by atoms with van der Waals surface area (Å²) in [6, 6.07) is 35.7. The predicted octanol–water partition coefficient (Wildman–Crippen LogP) is 5.99. The zero-order valence-electron chi connectivity index (χ0n) is 19.0. The Morgan fingerprint density at radius 1 is 0.794 bits per heavy atom. The van der Waals surface area contributed by atoms with Gasteiger partial charge >= 0.3 is 0 Å². The molecule has 0 bridgehead atoms. The summed E-state index contributed by atoms with van der Waals surface area (Å²) in [4.78, 5) is 0. The van der Waals surface area contributed by atoms with Crippen LogP contribution in [-0.4, -0.2) is 16.8 Å². The van der Waals surface area contributed by atoms with Crippen LogP contribution in [0.2, 0.25) is 0 Å². The van der Waals surface area contributed by atoms with Gasteiger partial charge in [-0.15, -0.1) is 0 Å². The molecule has 34 heavy (non-hydrogen) atoms. The monoisotopic (exact) mass is 443 g/mol. The number of fused-ring (bicyclic) bond motifs is 1. The van der Waals surface area contributed by atoms with Crippen molar-refractivity contribution in [1.29, 1.82) is 0 Å². The molecule has 1 unspecified atom stereocenters. The van der Waals surface area contributed by atoms with Crippen molar-refractivity contribution in [2.45, 2.75) is 12.1 Å². The fourth-order valence-corrected chi connectivity index (χ4v) is 4.26. The summed E-state index contributed by atoms with van der Waals surface area (Å²) in [5.74, 6) is 7.17. The minimum absolute atomic E-state index is 0.706. The second-order valence-corrected chi connectivity index (χ2v) is 8.23. The maximum Gasteiger partial charge on any atom is 0.179 e. The molecular formula is C31H25NO2. The van der Waals surface area contributed by atoms with Crippen LogP contribution in [0.4, 0.5) is 0 Å². The van der Waals surface area contributed by atoms with Crippen molar-refractivity contribution >= 4 is 10.9 Å². The summed E-state index contributed by atoms with van der Waals surface area (Å²) in [7, 11) is 1.64. The van der Waals surface area contributed by atoms with Crippen LogP contribution < -0.4 is 4.74 Å². The molecule has 0 aliphatic heterocycles. The van der Waals surface area contributed by atoms with Crippen molar-refractivity contribution in [2.24, 2.45) is 0 Å². The Balaban J connectivity index is 1.66. The SMILES string of the molecule is COc1ccc(C#CC(O)(c2ccccc2)c2cn(Cc3ccccc3)c3ccccc23)cc1. The number of methoxy groups -OCH3 is 1. The van der Waals surface area contributed by atoms with Gasteiger partial charge in [0, 0.05) is 40.3 Å². The molecule has 3 nitrogen and oxygen atoms in total. The molecule has 0 spiro atoms. The zero-order chi connectivity index (χ0) is 23.4. The Morgan fingerprint density at radius 3 is 2.15 bits per heavy atom. The number of rotatable bonds is 5. The summed E-state index contributed by atoms with van der Waals surface area (Å²) < 4.78 is 7.44. The third kappa shape index (κ3) is 4.20. The molecule has 0 aliphatic carbocycles. The first-order valence-corrected chi connectivity index (χ1v) is 11.2. The topological polar surface area (TPSA) is 34.4 Å². The summed E-state index contributed by atoms with van der Waals surface area (Å²) in [5, 5.41) is 13.2. The van der Waals surface area contributed by atoms with Crippen molar-refractivity contribution in [3.63, 3.8) is 0 Å². The van der Waals surface area contributed by atoms with Gasteiger partial charge in [0.25, 0.3) is 0 Å². The van der Waals surface area contributed by atoms with Crippen LogP contribution in [0, 0.1) is 11.8 Å². The van der Waals surface area contributed by atoms with Gasteiger partial charge in [0.1, 0.15) is 5.75 Å². The highest BCUT2D eigenvalue weighted by atomic mass is 16.5. The second kappa shape index (κ2) is 9.31. The Bertz CT molecular complexity index is 1460. The standard InChI is InChI=1S/C31H25NO2/c1-34-27-18-16-24(17-19-27)20-21-31(33,26-12-6-3-7-13-26)29-23-32(22-25-10-4-2-5-11-25)30-15-9-8-14-28(29)30/h2-19,23,33H,22H2,1H3. The highest BCUT2D eigenvalue weighted by Gasteiger charge is 2.33. The normalized spacial score (nSPS) is 12.5. The fraction of sp³-hybridized carbons (Fsp3) is 0.0968. The first-order chi connectivity index (χ1) is 16.7. The van der Waals surface area contributed by atoms with E-state index in [4.69, 9.17) is 4.74 Å². The highest BCUT2D eigenvalue weighted by Crippen LogP contribution is 2.36. The lowest BCUT2D eigenvalue weighted by Crippen LogP contribution is -2.25. The minimum Gasteiger partial charge on any atom is -0.497 e. The molecule has 1 aromatic heterocycles. The van der Waals surface area contributed by atoms with Gasteiger partial charge in [0.2, 0.25) is 0 Å². The van der Waals surface area contributed by atoms with Gasteiger partial charge < -0.3 is 14.4 Å². The molecule has 1 heterocycles. The van der Waals surface area contributed by atoms with Crippen molar-refractivity contribution in [3.8, 4) is 17.6 Å². The summed E-state index contributed by atoms with van der Waals surface area (Å²) in [5.41, 5.74) is 3.08. The lowest BCUT2D eigenvalue weighted by molar-refractivity contribution is 0.146. The predicted molar refractivity (Wildman–Crippen MR) is 137 cm³/mol. The number of ether oxygens (including phenoxy) is 1. The lowest BCUT2D eigenvalue weighted by atomic mass is 9.86. The quantitative estimate of drug-likeness (QED) is 0.339. The van der Waals surface area contributed by atoms with Gasteiger partial charge in [-0.2, -0.15) is 0 Å².